The molecule has 1 fully saturated rings. The van der Waals surface area contributed by atoms with Crippen molar-refractivity contribution < 1.29 is 9.53 Å². The third-order valence-corrected chi connectivity index (χ3v) is 4.91. The van der Waals surface area contributed by atoms with Crippen molar-refractivity contribution in [2.75, 3.05) is 13.7 Å². The maximum atomic E-state index is 13.2. The van der Waals surface area contributed by atoms with E-state index in [1.54, 1.807) is 11.6 Å². The predicted octanol–water partition coefficient (Wildman–Crippen LogP) is 3.41. The minimum absolute atomic E-state index is 0.00138. The third-order valence-electron chi connectivity index (χ3n) is 4.91. The minimum atomic E-state index is -0.0265. The van der Waals surface area contributed by atoms with Gasteiger partial charge in [-0.2, -0.15) is 5.10 Å². The van der Waals surface area contributed by atoms with Crippen molar-refractivity contribution >= 4 is 11.6 Å². The van der Waals surface area contributed by atoms with Crippen LogP contribution in [0.4, 0.5) is 0 Å². The van der Waals surface area contributed by atoms with E-state index in [9.17, 15) is 4.79 Å². The third kappa shape index (κ3) is 2.92. The summed E-state index contributed by atoms with van der Waals surface area (Å²) in [4.78, 5) is 19.9. The number of methoxy groups -OCH3 is 1. The first-order chi connectivity index (χ1) is 12.7. The van der Waals surface area contributed by atoms with Crippen LogP contribution in [0.1, 0.15) is 47.1 Å². The first-order valence-corrected chi connectivity index (χ1v) is 8.94. The summed E-state index contributed by atoms with van der Waals surface area (Å²) in [6, 6.07) is 11.3. The van der Waals surface area contributed by atoms with Crippen molar-refractivity contribution in [2.24, 2.45) is 0 Å². The molecule has 1 atom stereocenters. The van der Waals surface area contributed by atoms with Gasteiger partial charge in [0.15, 0.2) is 5.65 Å². The largest absolute Gasteiger partial charge is 0.496 e. The number of fused-ring (bicyclic) bond motifs is 1. The maximum Gasteiger partial charge on any atom is 0.258 e. The molecule has 6 nitrogen and oxygen atoms in total. The summed E-state index contributed by atoms with van der Waals surface area (Å²) in [6.07, 6.45) is 4.93. The number of carbonyl (C=O) groups excluding carboxylic acids is 1. The van der Waals surface area contributed by atoms with Gasteiger partial charge in [-0.3, -0.25) is 4.79 Å². The Labute approximate surface area is 152 Å². The van der Waals surface area contributed by atoms with Crippen molar-refractivity contribution in [1.29, 1.82) is 0 Å². The number of para-hydroxylation sites is 1. The van der Waals surface area contributed by atoms with Crippen LogP contribution in [0.2, 0.25) is 0 Å². The fourth-order valence-electron chi connectivity index (χ4n) is 3.66. The molecule has 6 heteroatoms. The monoisotopic (exact) mass is 350 g/mol. The van der Waals surface area contributed by atoms with E-state index in [2.05, 4.69) is 5.10 Å². The lowest BCUT2D eigenvalue weighted by Gasteiger charge is -2.35. The van der Waals surface area contributed by atoms with E-state index in [0.29, 0.717) is 11.3 Å². The van der Waals surface area contributed by atoms with E-state index in [-0.39, 0.29) is 11.9 Å². The van der Waals surface area contributed by atoms with Gasteiger partial charge in [-0.15, -0.1) is 0 Å². The minimum Gasteiger partial charge on any atom is -0.496 e. The van der Waals surface area contributed by atoms with Gasteiger partial charge < -0.3 is 9.64 Å². The van der Waals surface area contributed by atoms with Crippen LogP contribution in [0.3, 0.4) is 0 Å². The number of piperidine rings is 1. The summed E-state index contributed by atoms with van der Waals surface area (Å²) in [5.41, 5.74) is 3.26. The molecule has 0 spiro atoms. The molecule has 26 heavy (non-hydrogen) atoms. The van der Waals surface area contributed by atoms with Crippen LogP contribution in [0, 0.1) is 6.92 Å². The van der Waals surface area contributed by atoms with Crippen molar-refractivity contribution in [1.82, 2.24) is 19.5 Å². The summed E-state index contributed by atoms with van der Waals surface area (Å²) in [5, 5.41) is 4.38. The van der Waals surface area contributed by atoms with Crippen LogP contribution < -0.4 is 4.74 Å². The molecule has 3 aromatic rings. The summed E-state index contributed by atoms with van der Waals surface area (Å²) >= 11 is 0. The molecule has 0 bridgehead atoms. The van der Waals surface area contributed by atoms with Gasteiger partial charge in [-0.1, -0.05) is 12.1 Å². The lowest BCUT2D eigenvalue weighted by atomic mass is 9.97. The van der Waals surface area contributed by atoms with Crippen LogP contribution in [0.15, 0.2) is 42.6 Å². The van der Waals surface area contributed by atoms with Crippen LogP contribution in [-0.2, 0) is 0 Å². The zero-order valence-corrected chi connectivity index (χ0v) is 15.1. The van der Waals surface area contributed by atoms with E-state index in [1.165, 1.54) is 0 Å². The number of carbonyl (C=O) groups is 1. The van der Waals surface area contributed by atoms with Gasteiger partial charge in [0.2, 0.25) is 0 Å². The molecule has 0 radical (unpaired) electrons. The second-order valence-electron chi connectivity index (χ2n) is 6.65. The molecular formula is C20H22N4O2. The zero-order valence-electron chi connectivity index (χ0n) is 15.1. The first-order valence-electron chi connectivity index (χ1n) is 8.94. The average Bonchev–Trinajstić information content (AvgIpc) is 3.06. The molecule has 0 aliphatic carbocycles. The Bertz CT molecular complexity index is 950. The molecule has 0 saturated carbocycles. The quantitative estimate of drug-likeness (QED) is 0.726. The second kappa shape index (κ2) is 6.78. The van der Waals surface area contributed by atoms with E-state index in [4.69, 9.17) is 9.72 Å². The number of hydrogen-bond acceptors (Lipinski definition) is 4. The summed E-state index contributed by atoms with van der Waals surface area (Å²) in [7, 11) is 1.59. The SMILES string of the molecule is COc1ccccc1C(=O)N1CCCC[C@@H]1c1ccn2nc(C)cc2n1. The number of aromatic nitrogens is 3. The summed E-state index contributed by atoms with van der Waals surface area (Å²) in [6.45, 7) is 2.68. The summed E-state index contributed by atoms with van der Waals surface area (Å²) < 4.78 is 7.16. The Hall–Kier alpha value is -2.89. The molecule has 1 aliphatic heterocycles. The second-order valence-corrected chi connectivity index (χ2v) is 6.65. The highest BCUT2D eigenvalue weighted by Gasteiger charge is 2.31. The molecule has 3 heterocycles. The van der Waals surface area contributed by atoms with Gasteiger partial charge in [0.1, 0.15) is 5.75 Å². The van der Waals surface area contributed by atoms with E-state index >= 15 is 0 Å². The van der Waals surface area contributed by atoms with E-state index < -0.39 is 0 Å². The van der Waals surface area contributed by atoms with Crippen LogP contribution in [0.25, 0.3) is 5.65 Å². The standard InChI is InChI=1S/C20H22N4O2/c1-14-13-19-21-16(10-12-24(19)22-14)17-8-5-6-11-23(17)20(25)15-7-3-4-9-18(15)26-2/h3-4,7,9-10,12-13,17H,5-6,8,11H2,1-2H3/t17-/m1/s1. The molecule has 2 aromatic heterocycles. The Morgan fingerprint density at radius 3 is 2.92 bits per heavy atom. The number of hydrogen-bond donors (Lipinski definition) is 0. The Morgan fingerprint density at radius 1 is 1.23 bits per heavy atom. The van der Waals surface area contributed by atoms with Crippen molar-refractivity contribution in [3.05, 3.63) is 59.5 Å². The molecule has 1 aromatic carbocycles. The summed E-state index contributed by atoms with van der Waals surface area (Å²) in [5.74, 6) is 0.607. The fourth-order valence-corrected chi connectivity index (χ4v) is 3.66. The molecule has 134 valence electrons. The van der Waals surface area contributed by atoms with Crippen LogP contribution in [-0.4, -0.2) is 39.1 Å². The highest BCUT2D eigenvalue weighted by Crippen LogP contribution is 2.33. The molecule has 4 rings (SSSR count). The lowest BCUT2D eigenvalue weighted by molar-refractivity contribution is 0.0603. The van der Waals surface area contributed by atoms with Gasteiger partial charge >= 0.3 is 0 Å². The van der Waals surface area contributed by atoms with E-state index in [1.807, 2.05) is 54.4 Å². The zero-order chi connectivity index (χ0) is 18.1. The molecule has 0 unspecified atom stereocenters. The Balaban J connectivity index is 1.70. The van der Waals surface area contributed by atoms with Gasteiger partial charge in [-0.05, 0) is 44.4 Å². The highest BCUT2D eigenvalue weighted by molar-refractivity contribution is 5.97. The smallest absolute Gasteiger partial charge is 0.258 e. The lowest BCUT2D eigenvalue weighted by Crippen LogP contribution is -2.39. The van der Waals surface area contributed by atoms with Gasteiger partial charge in [-0.25, -0.2) is 9.50 Å². The number of ether oxygens (including phenoxy) is 1. The average molecular weight is 350 g/mol. The number of rotatable bonds is 3. The van der Waals surface area contributed by atoms with Crippen molar-refractivity contribution in [3.63, 3.8) is 0 Å². The fraction of sp³-hybridized carbons (Fsp3) is 0.350. The van der Waals surface area contributed by atoms with Crippen LogP contribution >= 0.6 is 0 Å². The highest BCUT2D eigenvalue weighted by atomic mass is 16.5. The van der Waals surface area contributed by atoms with E-state index in [0.717, 1.165) is 42.8 Å². The number of nitrogens with zero attached hydrogens (tertiary/aromatic N) is 4. The van der Waals surface area contributed by atoms with Crippen molar-refractivity contribution in [3.8, 4) is 5.75 Å². The Morgan fingerprint density at radius 2 is 2.08 bits per heavy atom. The van der Waals surface area contributed by atoms with Crippen LogP contribution in [0.5, 0.6) is 5.75 Å². The number of benzene rings is 1. The van der Waals surface area contributed by atoms with Crippen molar-refractivity contribution in [2.45, 2.75) is 32.2 Å². The number of likely N-dealkylation sites (tertiary alicyclic amines) is 1. The number of aryl methyl sites for hydroxylation is 1. The number of amides is 1. The maximum absolute atomic E-state index is 13.2. The molecule has 1 amide bonds. The molecule has 0 N–H and O–H groups in total. The topological polar surface area (TPSA) is 59.7 Å². The first kappa shape index (κ1) is 16.6. The normalized spacial score (nSPS) is 17.5. The molecule has 1 aliphatic rings. The van der Waals surface area contributed by atoms with Gasteiger partial charge in [0.05, 0.1) is 30.1 Å². The predicted molar refractivity (Wildman–Crippen MR) is 98.3 cm³/mol. The van der Waals surface area contributed by atoms with Gasteiger partial charge in [0, 0.05) is 18.8 Å². The molecule has 1 saturated heterocycles. The Kier molecular flexibility index (Phi) is 4.32. The van der Waals surface area contributed by atoms with Gasteiger partial charge in [0.25, 0.3) is 5.91 Å². The molecular weight excluding hydrogens is 328 g/mol.